The zero-order valence-electron chi connectivity index (χ0n) is 10.3. The zero-order valence-corrected chi connectivity index (χ0v) is 11.1. The maximum absolute atomic E-state index is 10.8. The molecule has 1 unspecified atom stereocenters. The molecule has 1 N–H and O–H groups in total. The van der Waals surface area contributed by atoms with Crippen LogP contribution >= 0.6 is 11.8 Å². The van der Waals surface area contributed by atoms with Crippen LogP contribution in [0.4, 0.5) is 0 Å². The number of carbonyl (C=O) groups is 1. The number of hydrogen-bond acceptors (Lipinski definition) is 2. The van der Waals surface area contributed by atoms with Gasteiger partial charge in [-0.25, -0.2) is 0 Å². The topological polar surface area (TPSA) is 37.3 Å². The number of fused-ring (bicyclic) bond motifs is 1. The molecule has 2 nitrogen and oxygen atoms in total. The van der Waals surface area contributed by atoms with Crippen molar-refractivity contribution < 1.29 is 9.90 Å². The van der Waals surface area contributed by atoms with E-state index in [1.54, 1.807) is 0 Å². The molecule has 0 spiro atoms. The number of carboxylic acids is 1. The van der Waals surface area contributed by atoms with Gasteiger partial charge in [0.25, 0.3) is 0 Å². The summed E-state index contributed by atoms with van der Waals surface area (Å²) < 4.78 is 0. The molecule has 0 saturated carbocycles. The Labute approximate surface area is 106 Å². The molecule has 0 bridgehead atoms. The molecule has 0 saturated heterocycles. The first-order valence-corrected chi connectivity index (χ1v) is 6.81. The van der Waals surface area contributed by atoms with E-state index in [-0.39, 0.29) is 11.8 Å². The minimum atomic E-state index is -0.699. The molecule has 17 heavy (non-hydrogen) atoms. The second-order valence-corrected chi connectivity index (χ2v) is 6.83. The molecule has 1 heterocycles. The molecule has 2 rings (SSSR count). The summed E-state index contributed by atoms with van der Waals surface area (Å²) in [7, 11) is 0. The molecular weight excluding hydrogens is 232 g/mol. The summed E-state index contributed by atoms with van der Waals surface area (Å²) in [5.74, 6) is -0.699. The fourth-order valence-corrected chi connectivity index (χ4v) is 4.08. The second-order valence-electron chi connectivity index (χ2n) is 5.49. The van der Waals surface area contributed by atoms with Crippen molar-refractivity contribution in [1.29, 1.82) is 0 Å². The Morgan fingerprint density at radius 3 is 2.82 bits per heavy atom. The van der Waals surface area contributed by atoms with Crippen LogP contribution in [0.25, 0.3) is 0 Å². The maximum atomic E-state index is 10.8. The molecule has 1 atom stereocenters. The Hall–Kier alpha value is -0.960. The quantitative estimate of drug-likeness (QED) is 0.887. The molecule has 1 aliphatic heterocycles. The van der Waals surface area contributed by atoms with Crippen LogP contribution < -0.4 is 0 Å². The summed E-state index contributed by atoms with van der Waals surface area (Å²) in [4.78, 5) is 12.2. The molecule has 92 valence electrons. The van der Waals surface area contributed by atoms with Crippen molar-refractivity contribution in [1.82, 2.24) is 0 Å². The van der Waals surface area contributed by atoms with E-state index in [0.29, 0.717) is 5.25 Å². The zero-order chi connectivity index (χ0) is 12.5. The highest BCUT2D eigenvalue weighted by Gasteiger charge is 2.30. The number of thioether (sulfide) groups is 1. The Morgan fingerprint density at radius 1 is 1.47 bits per heavy atom. The van der Waals surface area contributed by atoms with Crippen LogP contribution in [0.5, 0.6) is 0 Å². The van der Waals surface area contributed by atoms with E-state index in [1.165, 1.54) is 10.5 Å². The largest absolute Gasteiger partial charge is 0.481 e. The van der Waals surface area contributed by atoms with Gasteiger partial charge in [0.2, 0.25) is 0 Å². The van der Waals surface area contributed by atoms with Gasteiger partial charge in [-0.2, -0.15) is 0 Å². The predicted octanol–water partition coefficient (Wildman–Crippen LogP) is 3.59. The number of carboxylic acid groups (broad SMARTS) is 1. The molecule has 0 amide bonds. The highest BCUT2D eigenvalue weighted by atomic mass is 32.2. The van der Waals surface area contributed by atoms with Gasteiger partial charge in [-0.3, -0.25) is 4.79 Å². The lowest BCUT2D eigenvalue weighted by Crippen LogP contribution is -2.22. The van der Waals surface area contributed by atoms with Crippen LogP contribution in [-0.4, -0.2) is 16.3 Å². The number of benzene rings is 1. The van der Waals surface area contributed by atoms with E-state index in [9.17, 15) is 4.79 Å². The standard InChI is InChI=1S/C14H18O2S/c1-14(2,9-13(15)16)8-11-7-10-5-3-4-6-12(10)17-11/h3-6,11H,7-9H2,1-2H3,(H,15,16). The summed E-state index contributed by atoms with van der Waals surface area (Å²) in [5.41, 5.74) is 1.29. The minimum absolute atomic E-state index is 0.120. The Kier molecular flexibility index (Phi) is 3.48. The van der Waals surface area contributed by atoms with E-state index in [4.69, 9.17) is 5.11 Å². The third-order valence-electron chi connectivity index (χ3n) is 3.12. The van der Waals surface area contributed by atoms with E-state index in [1.807, 2.05) is 25.6 Å². The molecule has 1 aliphatic rings. The second kappa shape index (κ2) is 4.73. The third-order valence-corrected chi connectivity index (χ3v) is 4.44. The van der Waals surface area contributed by atoms with Crippen LogP contribution in [0.3, 0.4) is 0 Å². The van der Waals surface area contributed by atoms with Crippen molar-refractivity contribution in [3.63, 3.8) is 0 Å². The average Bonchev–Trinajstić information content (AvgIpc) is 2.55. The van der Waals surface area contributed by atoms with Crippen molar-refractivity contribution in [3.8, 4) is 0 Å². The number of aliphatic carboxylic acids is 1. The normalized spacial score (nSPS) is 19.1. The van der Waals surface area contributed by atoms with E-state index < -0.39 is 5.97 Å². The van der Waals surface area contributed by atoms with Gasteiger partial charge in [0, 0.05) is 10.1 Å². The van der Waals surface area contributed by atoms with Gasteiger partial charge in [-0.05, 0) is 29.9 Å². The lowest BCUT2D eigenvalue weighted by molar-refractivity contribution is -0.139. The minimum Gasteiger partial charge on any atom is -0.481 e. The van der Waals surface area contributed by atoms with Crippen LogP contribution in [-0.2, 0) is 11.2 Å². The fourth-order valence-electron chi connectivity index (χ4n) is 2.47. The average molecular weight is 250 g/mol. The molecule has 0 aliphatic carbocycles. The van der Waals surface area contributed by atoms with Gasteiger partial charge in [0.15, 0.2) is 0 Å². The molecule has 3 heteroatoms. The molecular formula is C14H18O2S. The van der Waals surface area contributed by atoms with Gasteiger partial charge in [-0.1, -0.05) is 32.0 Å². The summed E-state index contributed by atoms with van der Waals surface area (Å²) in [6.45, 7) is 4.09. The maximum Gasteiger partial charge on any atom is 0.303 e. The molecule has 1 aromatic carbocycles. The van der Waals surface area contributed by atoms with Gasteiger partial charge >= 0.3 is 5.97 Å². The Morgan fingerprint density at radius 2 is 2.18 bits per heavy atom. The number of rotatable bonds is 4. The lowest BCUT2D eigenvalue weighted by atomic mass is 9.83. The first-order valence-electron chi connectivity index (χ1n) is 5.93. The van der Waals surface area contributed by atoms with Crippen molar-refractivity contribution in [2.45, 2.75) is 43.3 Å². The monoisotopic (exact) mass is 250 g/mol. The van der Waals surface area contributed by atoms with E-state index in [2.05, 4.69) is 24.3 Å². The first kappa shape index (κ1) is 12.5. The summed E-state index contributed by atoms with van der Waals surface area (Å²) >= 11 is 1.90. The lowest BCUT2D eigenvalue weighted by Gasteiger charge is -2.25. The summed E-state index contributed by atoms with van der Waals surface area (Å²) in [5, 5.41) is 9.42. The SMILES string of the molecule is CC(C)(CC(=O)O)CC1Cc2ccccc2S1. The van der Waals surface area contributed by atoms with Crippen molar-refractivity contribution >= 4 is 17.7 Å². The Bertz CT molecular complexity index is 401. The smallest absolute Gasteiger partial charge is 0.303 e. The van der Waals surface area contributed by atoms with Gasteiger partial charge in [0.1, 0.15) is 0 Å². The molecule has 0 fully saturated rings. The fraction of sp³-hybridized carbons (Fsp3) is 0.500. The van der Waals surface area contributed by atoms with Crippen LogP contribution in [0.2, 0.25) is 0 Å². The van der Waals surface area contributed by atoms with Crippen molar-refractivity contribution in [2.75, 3.05) is 0 Å². The van der Waals surface area contributed by atoms with Gasteiger partial charge < -0.3 is 5.11 Å². The van der Waals surface area contributed by atoms with Crippen molar-refractivity contribution in [2.24, 2.45) is 5.41 Å². The van der Waals surface area contributed by atoms with Gasteiger partial charge in [-0.15, -0.1) is 11.8 Å². The molecule has 0 aromatic heterocycles. The number of hydrogen-bond donors (Lipinski definition) is 1. The van der Waals surface area contributed by atoms with Gasteiger partial charge in [0.05, 0.1) is 6.42 Å². The summed E-state index contributed by atoms with van der Waals surface area (Å²) in [6.07, 6.45) is 2.28. The molecule has 0 radical (unpaired) electrons. The summed E-state index contributed by atoms with van der Waals surface area (Å²) in [6, 6.07) is 8.47. The van der Waals surface area contributed by atoms with E-state index in [0.717, 1.165) is 12.8 Å². The van der Waals surface area contributed by atoms with Crippen LogP contribution in [0.1, 0.15) is 32.3 Å². The highest BCUT2D eigenvalue weighted by molar-refractivity contribution is 8.00. The Balaban J connectivity index is 1.98. The van der Waals surface area contributed by atoms with Crippen molar-refractivity contribution in [3.05, 3.63) is 29.8 Å². The van der Waals surface area contributed by atoms with Crippen LogP contribution in [0, 0.1) is 5.41 Å². The first-order chi connectivity index (χ1) is 7.96. The highest BCUT2D eigenvalue weighted by Crippen LogP contribution is 2.42. The van der Waals surface area contributed by atoms with Crippen LogP contribution in [0.15, 0.2) is 29.2 Å². The molecule has 1 aromatic rings. The van der Waals surface area contributed by atoms with E-state index >= 15 is 0 Å². The third kappa shape index (κ3) is 3.25. The predicted molar refractivity (Wildman–Crippen MR) is 70.4 cm³/mol.